The lowest BCUT2D eigenvalue weighted by Crippen LogP contribution is -2.05. The van der Waals surface area contributed by atoms with Crippen LogP contribution in [-0.4, -0.2) is 0 Å². The molecule has 0 spiro atoms. The Hall–Kier alpha value is -2.41. The molecule has 0 aliphatic heterocycles. The summed E-state index contributed by atoms with van der Waals surface area (Å²) in [5.41, 5.74) is 8.63. The van der Waals surface area contributed by atoms with Gasteiger partial charge in [0.05, 0.1) is 0 Å². The number of hydrogen-bond acceptors (Lipinski definition) is 0. The fraction of sp³-hybridized carbons (Fsp3) is 0.217. The standard InChI is InChI=1S/C23H23F/c1-15-9-16(2)12-20(11-15)23(19-5-7-22(24)8-6-19)21-13-17(3)10-18(4)14-21/h5-14,23H,1-4H3. The molecule has 0 atom stereocenters. The smallest absolute Gasteiger partial charge is 0.123 e. The van der Waals surface area contributed by atoms with Gasteiger partial charge in [-0.25, -0.2) is 4.39 Å². The second-order valence-electron chi connectivity index (χ2n) is 6.83. The number of rotatable bonds is 3. The fourth-order valence-electron chi connectivity index (χ4n) is 3.59. The Morgan fingerprint density at radius 1 is 0.542 bits per heavy atom. The topological polar surface area (TPSA) is 0 Å². The van der Waals surface area contributed by atoms with E-state index in [0.29, 0.717) is 0 Å². The highest BCUT2D eigenvalue weighted by atomic mass is 19.1. The summed E-state index contributed by atoms with van der Waals surface area (Å²) in [7, 11) is 0. The van der Waals surface area contributed by atoms with Crippen molar-refractivity contribution in [2.24, 2.45) is 0 Å². The minimum Gasteiger partial charge on any atom is -0.207 e. The highest BCUT2D eigenvalue weighted by Crippen LogP contribution is 2.34. The maximum atomic E-state index is 13.4. The van der Waals surface area contributed by atoms with Gasteiger partial charge < -0.3 is 0 Å². The van der Waals surface area contributed by atoms with Crippen LogP contribution in [0.15, 0.2) is 60.7 Å². The van der Waals surface area contributed by atoms with Crippen molar-refractivity contribution in [2.75, 3.05) is 0 Å². The van der Waals surface area contributed by atoms with Crippen molar-refractivity contribution >= 4 is 0 Å². The van der Waals surface area contributed by atoms with E-state index < -0.39 is 0 Å². The number of aryl methyl sites for hydroxylation is 4. The van der Waals surface area contributed by atoms with Gasteiger partial charge in [-0.3, -0.25) is 0 Å². The van der Waals surface area contributed by atoms with Crippen molar-refractivity contribution in [1.82, 2.24) is 0 Å². The van der Waals surface area contributed by atoms with Crippen molar-refractivity contribution in [3.63, 3.8) is 0 Å². The third kappa shape index (κ3) is 3.56. The lowest BCUT2D eigenvalue weighted by Gasteiger charge is -2.21. The molecule has 0 aliphatic rings. The highest BCUT2D eigenvalue weighted by Gasteiger charge is 2.18. The van der Waals surface area contributed by atoms with Gasteiger partial charge in [0.15, 0.2) is 0 Å². The molecule has 0 bridgehead atoms. The summed E-state index contributed by atoms with van der Waals surface area (Å²) < 4.78 is 13.4. The lowest BCUT2D eigenvalue weighted by atomic mass is 9.83. The molecule has 24 heavy (non-hydrogen) atoms. The van der Waals surface area contributed by atoms with E-state index in [9.17, 15) is 4.39 Å². The molecule has 0 radical (unpaired) electrons. The molecule has 0 fully saturated rings. The van der Waals surface area contributed by atoms with E-state index in [1.165, 1.54) is 33.4 Å². The molecule has 0 heterocycles. The van der Waals surface area contributed by atoms with Crippen LogP contribution in [0, 0.1) is 33.5 Å². The molecule has 0 saturated heterocycles. The number of benzene rings is 3. The largest absolute Gasteiger partial charge is 0.207 e. The van der Waals surface area contributed by atoms with Gasteiger partial charge in [0, 0.05) is 5.92 Å². The van der Waals surface area contributed by atoms with Gasteiger partial charge in [0.1, 0.15) is 5.82 Å². The Morgan fingerprint density at radius 2 is 0.917 bits per heavy atom. The predicted molar refractivity (Wildman–Crippen MR) is 99.2 cm³/mol. The average molecular weight is 318 g/mol. The predicted octanol–water partition coefficient (Wildman–Crippen LogP) is 6.24. The fourth-order valence-corrected chi connectivity index (χ4v) is 3.59. The van der Waals surface area contributed by atoms with E-state index in [-0.39, 0.29) is 11.7 Å². The van der Waals surface area contributed by atoms with Gasteiger partial charge in [-0.1, -0.05) is 70.8 Å². The molecule has 0 aliphatic carbocycles. The van der Waals surface area contributed by atoms with E-state index in [2.05, 4.69) is 64.1 Å². The Kier molecular flexibility index (Phi) is 4.53. The van der Waals surface area contributed by atoms with Crippen LogP contribution in [0.3, 0.4) is 0 Å². The molecule has 3 rings (SSSR count). The Balaban J connectivity index is 2.21. The van der Waals surface area contributed by atoms with Crippen molar-refractivity contribution in [1.29, 1.82) is 0 Å². The molecule has 0 aromatic heterocycles. The molecule has 0 saturated carbocycles. The van der Waals surface area contributed by atoms with Crippen molar-refractivity contribution in [3.8, 4) is 0 Å². The highest BCUT2D eigenvalue weighted by molar-refractivity contribution is 5.47. The van der Waals surface area contributed by atoms with E-state index in [1.807, 2.05) is 12.1 Å². The zero-order valence-electron chi connectivity index (χ0n) is 14.7. The quantitative estimate of drug-likeness (QED) is 0.501. The summed E-state index contributed by atoms with van der Waals surface area (Å²) in [5, 5.41) is 0. The Labute approximate surface area is 144 Å². The summed E-state index contributed by atoms with van der Waals surface area (Å²) in [6.45, 7) is 8.50. The van der Waals surface area contributed by atoms with Gasteiger partial charge >= 0.3 is 0 Å². The summed E-state index contributed by atoms with van der Waals surface area (Å²) in [6.07, 6.45) is 0. The van der Waals surface area contributed by atoms with E-state index in [0.717, 1.165) is 5.56 Å². The second kappa shape index (κ2) is 6.60. The monoisotopic (exact) mass is 318 g/mol. The zero-order chi connectivity index (χ0) is 17.3. The molecule has 0 N–H and O–H groups in total. The first-order valence-electron chi connectivity index (χ1n) is 8.34. The first-order valence-corrected chi connectivity index (χ1v) is 8.34. The maximum absolute atomic E-state index is 13.4. The van der Waals surface area contributed by atoms with Crippen LogP contribution >= 0.6 is 0 Å². The molecule has 0 unspecified atom stereocenters. The molecule has 1 heteroatoms. The minimum absolute atomic E-state index is 0.114. The molecule has 3 aromatic rings. The molecular weight excluding hydrogens is 295 g/mol. The lowest BCUT2D eigenvalue weighted by molar-refractivity contribution is 0.627. The third-order valence-electron chi connectivity index (χ3n) is 4.36. The van der Waals surface area contributed by atoms with Crippen LogP contribution in [0.1, 0.15) is 44.9 Å². The van der Waals surface area contributed by atoms with Crippen LogP contribution < -0.4 is 0 Å². The first-order chi connectivity index (χ1) is 11.4. The average Bonchev–Trinajstić information content (AvgIpc) is 2.47. The molecule has 0 amide bonds. The number of hydrogen-bond donors (Lipinski definition) is 0. The summed E-state index contributed by atoms with van der Waals surface area (Å²) >= 11 is 0. The van der Waals surface area contributed by atoms with Gasteiger partial charge in [-0.05, 0) is 56.5 Å². The zero-order valence-corrected chi connectivity index (χ0v) is 14.7. The molecule has 3 aromatic carbocycles. The van der Waals surface area contributed by atoms with Crippen molar-refractivity contribution in [3.05, 3.63) is 105 Å². The minimum atomic E-state index is -0.196. The Morgan fingerprint density at radius 3 is 1.29 bits per heavy atom. The summed E-state index contributed by atoms with van der Waals surface area (Å²) in [4.78, 5) is 0. The first kappa shape index (κ1) is 16.4. The van der Waals surface area contributed by atoms with Crippen LogP contribution in [0.2, 0.25) is 0 Å². The van der Waals surface area contributed by atoms with Crippen molar-refractivity contribution < 1.29 is 4.39 Å². The van der Waals surface area contributed by atoms with Gasteiger partial charge in [0.2, 0.25) is 0 Å². The van der Waals surface area contributed by atoms with Crippen LogP contribution in [0.4, 0.5) is 4.39 Å². The van der Waals surface area contributed by atoms with Gasteiger partial charge in [-0.2, -0.15) is 0 Å². The molecule has 0 nitrogen and oxygen atoms in total. The molecular formula is C23H23F. The number of halogens is 1. The van der Waals surface area contributed by atoms with E-state index >= 15 is 0 Å². The van der Waals surface area contributed by atoms with Crippen LogP contribution in [0.5, 0.6) is 0 Å². The maximum Gasteiger partial charge on any atom is 0.123 e. The summed E-state index contributed by atoms with van der Waals surface area (Å²) in [5.74, 6) is -0.0823. The normalized spacial score (nSPS) is 11.1. The second-order valence-corrected chi connectivity index (χ2v) is 6.83. The van der Waals surface area contributed by atoms with Gasteiger partial charge in [0.25, 0.3) is 0 Å². The third-order valence-corrected chi connectivity index (χ3v) is 4.36. The van der Waals surface area contributed by atoms with E-state index in [4.69, 9.17) is 0 Å². The van der Waals surface area contributed by atoms with Crippen LogP contribution in [-0.2, 0) is 0 Å². The van der Waals surface area contributed by atoms with Crippen molar-refractivity contribution in [2.45, 2.75) is 33.6 Å². The van der Waals surface area contributed by atoms with Gasteiger partial charge in [-0.15, -0.1) is 0 Å². The van der Waals surface area contributed by atoms with Crippen LogP contribution in [0.25, 0.3) is 0 Å². The Bertz CT molecular complexity index is 768. The molecule has 122 valence electrons. The SMILES string of the molecule is Cc1cc(C)cc(C(c2ccc(F)cc2)c2cc(C)cc(C)c2)c1. The van der Waals surface area contributed by atoms with E-state index in [1.54, 1.807) is 12.1 Å². The summed E-state index contributed by atoms with van der Waals surface area (Å²) in [6, 6.07) is 20.2.